The number of methoxy groups -OCH3 is 1. The summed E-state index contributed by atoms with van der Waals surface area (Å²) in [5.74, 6) is 1.17. The third kappa shape index (κ3) is 4.03. The summed E-state index contributed by atoms with van der Waals surface area (Å²) in [4.78, 5) is 16.6. The van der Waals surface area contributed by atoms with E-state index < -0.39 is 0 Å². The number of quaternary nitrogens is 1. The van der Waals surface area contributed by atoms with Gasteiger partial charge in [-0.3, -0.25) is 4.79 Å². The highest BCUT2D eigenvalue weighted by Gasteiger charge is 2.26. The summed E-state index contributed by atoms with van der Waals surface area (Å²) < 4.78 is 7.74. The lowest BCUT2D eigenvalue weighted by molar-refractivity contribution is -0.892. The number of piperazine rings is 1. The van der Waals surface area contributed by atoms with Crippen LogP contribution < -0.4 is 14.5 Å². The summed E-state index contributed by atoms with van der Waals surface area (Å²) >= 11 is 0. The van der Waals surface area contributed by atoms with Crippen LogP contribution in [0, 0.1) is 13.8 Å². The highest BCUT2D eigenvalue weighted by molar-refractivity contribution is 5.98. The lowest BCUT2D eigenvalue weighted by Crippen LogP contribution is -3.15. The van der Waals surface area contributed by atoms with Crippen molar-refractivity contribution in [2.24, 2.45) is 0 Å². The Labute approximate surface area is 162 Å². The van der Waals surface area contributed by atoms with Gasteiger partial charge in [-0.15, -0.1) is 0 Å². The molecule has 0 atom stereocenters. The number of benzene rings is 1. The van der Waals surface area contributed by atoms with Gasteiger partial charge in [0.05, 0.1) is 39.0 Å². The molecule has 0 bridgehead atoms. The Balaban J connectivity index is 1.63. The maximum atomic E-state index is 12.9. The zero-order valence-electron chi connectivity index (χ0n) is 17.2. The first kappa shape index (κ1) is 19.5. The van der Waals surface area contributed by atoms with Gasteiger partial charge in [0.1, 0.15) is 12.3 Å². The number of aryl methyl sites for hydroxylation is 1. The molecule has 5 heteroatoms. The normalized spacial score (nSPS) is 15.4. The molecule has 0 unspecified atom stereocenters. The van der Waals surface area contributed by atoms with E-state index in [2.05, 4.69) is 49.3 Å². The van der Waals surface area contributed by atoms with E-state index >= 15 is 0 Å². The smallest absolute Gasteiger partial charge is 0.218 e. The minimum absolute atomic E-state index is 0.260. The average molecular weight is 371 g/mol. The average Bonchev–Trinajstić information content (AvgIpc) is 2.96. The number of anilines is 1. The summed E-state index contributed by atoms with van der Waals surface area (Å²) in [6, 6.07) is 10.6. The fourth-order valence-corrected chi connectivity index (χ4v) is 4.31. The van der Waals surface area contributed by atoms with Gasteiger partial charge in [0.25, 0.3) is 0 Å². The van der Waals surface area contributed by atoms with Gasteiger partial charge in [0.15, 0.2) is 0 Å². The topological polar surface area (TPSA) is 38.9 Å². The van der Waals surface area contributed by atoms with Gasteiger partial charge in [-0.25, -0.2) is 0 Å². The van der Waals surface area contributed by atoms with Gasteiger partial charge >= 0.3 is 0 Å². The third-order valence-corrected chi connectivity index (χ3v) is 5.61. The van der Waals surface area contributed by atoms with Crippen molar-refractivity contribution in [3.05, 3.63) is 47.3 Å². The number of Topliss-reactive ketones (excluding diaryl/α,β-unsaturated/α-hetero) is 1. The van der Waals surface area contributed by atoms with Gasteiger partial charge in [-0.2, -0.15) is 0 Å². The Bertz CT molecular complexity index is 802. The number of hydrogen-bond acceptors (Lipinski definition) is 3. The number of nitrogens with one attached hydrogen (secondary N) is 1. The van der Waals surface area contributed by atoms with Gasteiger partial charge in [-0.05, 0) is 45.9 Å². The van der Waals surface area contributed by atoms with Crippen molar-refractivity contribution < 1.29 is 14.4 Å². The maximum Gasteiger partial charge on any atom is 0.218 e. The summed E-state index contributed by atoms with van der Waals surface area (Å²) in [5, 5.41) is 0. The molecule has 1 N–H and O–H groups in total. The Morgan fingerprint density at radius 3 is 2.44 bits per heavy atom. The molecule has 146 valence electrons. The standard InChI is InChI=1S/C22H31N3O2/c1-16(2)25-17(3)14-19(18(25)4)21(26)15-23-10-12-24(13-11-23)20-8-6-7-9-22(20)27-5/h6-9,14,16H,10-13,15H2,1-5H3/p+1. The molecule has 0 spiro atoms. The van der Waals surface area contributed by atoms with E-state index in [9.17, 15) is 4.79 Å². The van der Waals surface area contributed by atoms with Gasteiger partial charge in [0, 0.05) is 23.0 Å². The quantitative estimate of drug-likeness (QED) is 0.793. The van der Waals surface area contributed by atoms with E-state index in [4.69, 9.17) is 4.74 Å². The molecule has 0 aliphatic carbocycles. The Morgan fingerprint density at radius 1 is 1.19 bits per heavy atom. The molecule has 27 heavy (non-hydrogen) atoms. The molecule has 2 heterocycles. The van der Waals surface area contributed by atoms with Crippen LogP contribution in [0.2, 0.25) is 0 Å². The summed E-state index contributed by atoms with van der Waals surface area (Å²) in [6.07, 6.45) is 0. The minimum atomic E-state index is 0.260. The molecule has 1 aliphatic rings. The number of hydrogen-bond donors (Lipinski definition) is 1. The van der Waals surface area contributed by atoms with E-state index in [1.165, 1.54) is 10.6 Å². The van der Waals surface area contributed by atoms with Crippen LogP contribution in [0.3, 0.4) is 0 Å². The van der Waals surface area contributed by atoms with Crippen LogP contribution in [0.25, 0.3) is 0 Å². The van der Waals surface area contributed by atoms with Crippen molar-refractivity contribution in [3.8, 4) is 5.75 Å². The minimum Gasteiger partial charge on any atom is -0.495 e. The number of carbonyl (C=O) groups is 1. The van der Waals surface area contributed by atoms with Crippen molar-refractivity contribution in [2.75, 3.05) is 44.7 Å². The van der Waals surface area contributed by atoms with Crippen LogP contribution in [0.4, 0.5) is 5.69 Å². The van der Waals surface area contributed by atoms with Gasteiger partial charge in [0.2, 0.25) is 5.78 Å². The molecule has 1 aromatic heterocycles. The monoisotopic (exact) mass is 370 g/mol. The van der Waals surface area contributed by atoms with Gasteiger partial charge < -0.3 is 19.1 Å². The van der Waals surface area contributed by atoms with Crippen molar-refractivity contribution in [1.29, 1.82) is 0 Å². The molecular weight excluding hydrogens is 338 g/mol. The molecular formula is C22H32N3O2+. The maximum absolute atomic E-state index is 12.9. The zero-order chi connectivity index (χ0) is 19.6. The second kappa shape index (κ2) is 8.17. The second-order valence-corrected chi connectivity index (χ2v) is 7.76. The fraction of sp³-hybridized carbons (Fsp3) is 0.500. The molecule has 3 rings (SSSR count). The molecule has 0 amide bonds. The number of aromatic nitrogens is 1. The predicted octanol–water partition coefficient (Wildman–Crippen LogP) is 2.28. The summed E-state index contributed by atoms with van der Waals surface area (Å²) in [5.41, 5.74) is 4.30. The zero-order valence-corrected chi connectivity index (χ0v) is 17.2. The van der Waals surface area contributed by atoms with Crippen LogP contribution in [0.15, 0.2) is 30.3 Å². The highest BCUT2D eigenvalue weighted by atomic mass is 16.5. The molecule has 5 nitrogen and oxygen atoms in total. The molecule has 1 aliphatic heterocycles. The number of rotatable bonds is 6. The van der Waals surface area contributed by atoms with E-state index in [0.717, 1.165) is 48.9 Å². The second-order valence-electron chi connectivity index (χ2n) is 7.76. The first-order chi connectivity index (χ1) is 12.9. The van der Waals surface area contributed by atoms with Crippen molar-refractivity contribution >= 4 is 11.5 Å². The lowest BCUT2D eigenvalue weighted by Gasteiger charge is -2.34. The Morgan fingerprint density at radius 2 is 1.85 bits per heavy atom. The number of para-hydroxylation sites is 2. The van der Waals surface area contributed by atoms with Crippen LogP contribution in [-0.4, -0.2) is 50.2 Å². The van der Waals surface area contributed by atoms with E-state index in [1.54, 1.807) is 7.11 Å². The lowest BCUT2D eigenvalue weighted by atomic mass is 10.1. The summed E-state index contributed by atoms with van der Waals surface area (Å²) in [6.45, 7) is 12.9. The Kier molecular flexibility index (Phi) is 5.90. The molecule has 1 fully saturated rings. The van der Waals surface area contributed by atoms with E-state index in [-0.39, 0.29) is 5.78 Å². The number of ether oxygens (including phenoxy) is 1. The first-order valence-corrected chi connectivity index (χ1v) is 9.85. The van der Waals surface area contributed by atoms with Crippen molar-refractivity contribution in [1.82, 2.24) is 4.57 Å². The first-order valence-electron chi connectivity index (χ1n) is 9.85. The third-order valence-electron chi connectivity index (χ3n) is 5.61. The van der Waals surface area contributed by atoms with Crippen LogP contribution in [0.5, 0.6) is 5.75 Å². The molecule has 1 aromatic carbocycles. The van der Waals surface area contributed by atoms with Crippen LogP contribution in [-0.2, 0) is 0 Å². The van der Waals surface area contributed by atoms with Crippen molar-refractivity contribution in [2.45, 2.75) is 33.7 Å². The summed E-state index contributed by atoms with van der Waals surface area (Å²) in [7, 11) is 1.71. The molecule has 0 radical (unpaired) electrons. The van der Waals surface area contributed by atoms with E-state index in [0.29, 0.717) is 12.6 Å². The molecule has 0 saturated carbocycles. The number of nitrogens with zero attached hydrogens (tertiary/aromatic N) is 2. The number of carbonyl (C=O) groups excluding carboxylic acids is 1. The Hall–Kier alpha value is -2.27. The predicted molar refractivity (Wildman–Crippen MR) is 109 cm³/mol. The van der Waals surface area contributed by atoms with Gasteiger partial charge in [-0.1, -0.05) is 12.1 Å². The van der Waals surface area contributed by atoms with Crippen LogP contribution >= 0.6 is 0 Å². The SMILES string of the molecule is COc1ccccc1N1CC[NH+](CC(=O)c2cc(C)n(C(C)C)c2C)CC1. The largest absolute Gasteiger partial charge is 0.495 e. The fourth-order valence-electron chi connectivity index (χ4n) is 4.31. The number of ketones is 1. The molecule has 1 saturated heterocycles. The van der Waals surface area contributed by atoms with E-state index in [1.807, 2.05) is 18.2 Å². The molecule has 2 aromatic rings. The highest BCUT2D eigenvalue weighted by Crippen LogP contribution is 2.27. The van der Waals surface area contributed by atoms with Crippen LogP contribution in [0.1, 0.15) is 41.6 Å². The van der Waals surface area contributed by atoms with Crippen molar-refractivity contribution in [3.63, 3.8) is 0 Å².